The number of carbonyl (C=O) groups is 1. The third kappa shape index (κ3) is 4.01. The predicted octanol–water partition coefficient (Wildman–Crippen LogP) is 5.68. The average molecular weight is 510 g/mol. The van der Waals surface area contributed by atoms with E-state index in [0.717, 1.165) is 79.7 Å². The van der Waals surface area contributed by atoms with Crippen LogP contribution in [-0.2, 0) is 23.0 Å². The molecule has 0 unspecified atom stereocenters. The molecule has 0 radical (unpaired) electrons. The molecule has 0 amide bonds. The number of ketones is 1. The number of aryl methyl sites for hydroxylation is 1. The Hall–Kier alpha value is -2.94. The third-order valence-corrected chi connectivity index (χ3v) is 9.44. The fourth-order valence-electron chi connectivity index (χ4n) is 7.49. The summed E-state index contributed by atoms with van der Waals surface area (Å²) in [5.41, 5.74) is 9.18. The largest absolute Gasteiger partial charge is 0.373 e. The summed E-state index contributed by atoms with van der Waals surface area (Å²) in [7, 11) is 0. The molecule has 0 N–H and O–H groups in total. The predicted molar refractivity (Wildman–Crippen MR) is 152 cm³/mol. The highest BCUT2D eigenvalue weighted by atomic mass is 16.5. The Morgan fingerprint density at radius 1 is 1.05 bits per heavy atom. The number of fused-ring (bicyclic) bond motifs is 3. The SMILES string of the molecule is CCc1cc2c(cc1N1CCC(N3C[C@@H](C)O[C@@H](C)C3)CC1)C(C)(C)C1=C(C2=O)c2ccc(C#N)cc2C1. The number of hydrogen-bond donors (Lipinski definition) is 0. The fourth-order valence-corrected chi connectivity index (χ4v) is 7.49. The highest BCUT2D eigenvalue weighted by Crippen LogP contribution is 2.51. The molecule has 2 heterocycles. The molecule has 2 aromatic carbocycles. The van der Waals surface area contributed by atoms with Crippen molar-refractivity contribution in [1.29, 1.82) is 5.26 Å². The summed E-state index contributed by atoms with van der Waals surface area (Å²) >= 11 is 0. The van der Waals surface area contributed by atoms with Gasteiger partial charge in [0.25, 0.3) is 0 Å². The molecule has 2 atom stereocenters. The first-order valence-electron chi connectivity index (χ1n) is 14.3. The summed E-state index contributed by atoms with van der Waals surface area (Å²) in [6.45, 7) is 15.3. The molecule has 5 heteroatoms. The fraction of sp³-hybridized carbons (Fsp3) is 0.515. The second-order valence-corrected chi connectivity index (χ2v) is 12.3. The van der Waals surface area contributed by atoms with Crippen molar-refractivity contribution < 1.29 is 9.53 Å². The van der Waals surface area contributed by atoms with Crippen LogP contribution in [0.4, 0.5) is 5.69 Å². The molecule has 0 bridgehead atoms. The molecule has 0 aromatic heterocycles. The maximum atomic E-state index is 14.0. The maximum Gasteiger partial charge on any atom is 0.193 e. The van der Waals surface area contributed by atoms with E-state index in [1.807, 2.05) is 18.2 Å². The van der Waals surface area contributed by atoms with E-state index < -0.39 is 0 Å². The Labute approximate surface area is 227 Å². The van der Waals surface area contributed by atoms with Crippen LogP contribution in [0, 0.1) is 11.3 Å². The van der Waals surface area contributed by atoms with Crippen LogP contribution >= 0.6 is 0 Å². The van der Waals surface area contributed by atoms with Crippen molar-refractivity contribution >= 4 is 17.0 Å². The van der Waals surface area contributed by atoms with Gasteiger partial charge >= 0.3 is 0 Å². The van der Waals surface area contributed by atoms with Crippen molar-refractivity contribution in [2.24, 2.45) is 0 Å². The van der Waals surface area contributed by atoms with Gasteiger partial charge in [0.05, 0.1) is 23.8 Å². The molecular weight excluding hydrogens is 470 g/mol. The summed E-state index contributed by atoms with van der Waals surface area (Å²) in [5.74, 6) is 0.147. The van der Waals surface area contributed by atoms with Crippen LogP contribution in [0.2, 0.25) is 0 Å². The van der Waals surface area contributed by atoms with Gasteiger partial charge in [-0.05, 0) is 91.6 Å². The van der Waals surface area contributed by atoms with E-state index >= 15 is 0 Å². The van der Waals surface area contributed by atoms with E-state index in [2.05, 4.69) is 62.6 Å². The van der Waals surface area contributed by atoms with Crippen LogP contribution in [0.5, 0.6) is 0 Å². The molecule has 2 saturated heterocycles. The molecule has 0 saturated carbocycles. The van der Waals surface area contributed by atoms with E-state index in [1.54, 1.807) is 0 Å². The molecule has 4 aliphatic rings. The van der Waals surface area contributed by atoms with Crippen LogP contribution in [-0.4, -0.2) is 55.1 Å². The van der Waals surface area contributed by atoms with Gasteiger partial charge in [0.1, 0.15) is 0 Å². The zero-order valence-corrected chi connectivity index (χ0v) is 23.4. The summed E-state index contributed by atoms with van der Waals surface area (Å²) < 4.78 is 5.97. The Balaban J connectivity index is 1.30. The van der Waals surface area contributed by atoms with E-state index in [0.29, 0.717) is 23.8 Å². The molecule has 6 rings (SSSR count). The Kier molecular flexibility index (Phi) is 6.24. The Morgan fingerprint density at radius 2 is 1.76 bits per heavy atom. The molecule has 2 fully saturated rings. The molecular formula is C33H39N3O2. The van der Waals surface area contributed by atoms with E-state index in [9.17, 15) is 10.1 Å². The number of morpholine rings is 1. The van der Waals surface area contributed by atoms with Gasteiger partial charge in [0, 0.05) is 54.5 Å². The zero-order chi connectivity index (χ0) is 26.8. The van der Waals surface area contributed by atoms with Crippen molar-refractivity contribution in [3.05, 3.63) is 69.3 Å². The van der Waals surface area contributed by atoms with Gasteiger partial charge in [-0.3, -0.25) is 9.69 Å². The van der Waals surface area contributed by atoms with E-state index in [4.69, 9.17) is 4.74 Å². The van der Waals surface area contributed by atoms with E-state index in [1.165, 1.54) is 16.8 Å². The number of carbonyl (C=O) groups excluding carboxylic acids is 1. The number of nitriles is 1. The van der Waals surface area contributed by atoms with Crippen LogP contribution < -0.4 is 4.90 Å². The first kappa shape index (κ1) is 25.3. The van der Waals surface area contributed by atoms with Crippen LogP contribution in [0.1, 0.15) is 85.6 Å². The summed E-state index contributed by atoms with van der Waals surface area (Å²) in [5, 5.41) is 9.41. The second kappa shape index (κ2) is 9.36. The first-order chi connectivity index (χ1) is 18.2. The standard InChI is InChI=1S/C33H39N3O2/c1-6-23-14-27-28(16-30(23)35-11-9-25(10-12-35)36-18-20(2)38-21(3)19-36)33(4,5)29-15-24-13-22(17-34)7-8-26(24)31(29)32(27)37/h7-8,13-14,16,20-21,25H,6,9-12,15,18-19H2,1-5H3/t20-,21+. The van der Waals surface area contributed by atoms with Gasteiger partial charge in [0.15, 0.2) is 5.78 Å². The Bertz CT molecular complexity index is 1360. The highest BCUT2D eigenvalue weighted by molar-refractivity contribution is 6.33. The summed E-state index contributed by atoms with van der Waals surface area (Å²) in [6, 6.07) is 13.2. The molecule has 38 heavy (non-hydrogen) atoms. The number of ether oxygens (including phenoxy) is 1. The second-order valence-electron chi connectivity index (χ2n) is 12.3. The number of benzene rings is 2. The van der Waals surface area contributed by atoms with Gasteiger partial charge in [0.2, 0.25) is 0 Å². The number of allylic oxidation sites excluding steroid dienone is 2. The number of rotatable bonds is 3. The molecule has 2 aliphatic heterocycles. The van der Waals surface area contributed by atoms with E-state index in [-0.39, 0.29) is 11.2 Å². The Morgan fingerprint density at radius 3 is 2.42 bits per heavy atom. The highest BCUT2D eigenvalue weighted by Gasteiger charge is 2.43. The lowest BCUT2D eigenvalue weighted by atomic mass is 9.68. The molecule has 2 aliphatic carbocycles. The van der Waals surface area contributed by atoms with Gasteiger partial charge in [-0.15, -0.1) is 0 Å². The normalized spacial score (nSPS) is 25.2. The average Bonchev–Trinajstić information content (AvgIpc) is 3.31. The maximum absolute atomic E-state index is 14.0. The number of nitrogens with zero attached hydrogens (tertiary/aromatic N) is 3. The lowest BCUT2D eigenvalue weighted by Crippen LogP contribution is -2.53. The molecule has 0 spiro atoms. The van der Waals surface area contributed by atoms with Crippen molar-refractivity contribution in [2.75, 3.05) is 31.1 Å². The molecule has 5 nitrogen and oxygen atoms in total. The van der Waals surface area contributed by atoms with Crippen LogP contribution in [0.3, 0.4) is 0 Å². The number of anilines is 1. The van der Waals surface area contributed by atoms with Crippen molar-refractivity contribution in [1.82, 2.24) is 4.90 Å². The summed E-state index contributed by atoms with van der Waals surface area (Å²) in [4.78, 5) is 19.2. The van der Waals surface area contributed by atoms with Crippen LogP contribution in [0.25, 0.3) is 5.57 Å². The van der Waals surface area contributed by atoms with Crippen molar-refractivity contribution in [3.8, 4) is 6.07 Å². The summed E-state index contributed by atoms with van der Waals surface area (Å²) in [6.07, 6.45) is 4.57. The van der Waals surface area contributed by atoms with Gasteiger partial charge in [-0.25, -0.2) is 0 Å². The number of Topliss-reactive ketones (excluding diaryl/α,β-unsaturated/α-hetero) is 1. The first-order valence-corrected chi connectivity index (χ1v) is 14.3. The monoisotopic (exact) mass is 509 g/mol. The quantitative estimate of drug-likeness (QED) is 0.533. The van der Waals surface area contributed by atoms with Crippen molar-refractivity contribution in [3.63, 3.8) is 0 Å². The van der Waals surface area contributed by atoms with Gasteiger partial charge < -0.3 is 9.64 Å². The third-order valence-electron chi connectivity index (χ3n) is 9.44. The number of piperidine rings is 1. The smallest absolute Gasteiger partial charge is 0.193 e. The minimum Gasteiger partial charge on any atom is -0.373 e. The zero-order valence-electron chi connectivity index (χ0n) is 23.4. The topological polar surface area (TPSA) is 56.6 Å². The minimum atomic E-state index is -0.246. The van der Waals surface area contributed by atoms with Crippen LogP contribution in [0.15, 0.2) is 35.9 Å². The minimum absolute atomic E-state index is 0.147. The van der Waals surface area contributed by atoms with Gasteiger partial charge in [-0.1, -0.05) is 26.8 Å². The number of hydrogen-bond acceptors (Lipinski definition) is 5. The lowest BCUT2D eigenvalue weighted by molar-refractivity contribution is -0.0826. The van der Waals surface area contributed by atoms with Gasteiger partial charge in [-0.2, -0.15) is 5.26 Å². The molecule has 2 aromatic rings. The molecule has 198 valence electrons. The lowest BCUT2D eigenvalue weighted by Gasteiger charge is -2.44. The van der Waals surface area contributed by atoms with Crippen molar-refractivity contribution in [2.45, 2.75) is 84.0 Å².